The molecular formula is C23H19N3O3S. The van der Waals surface area contributed by atoms with Crippen LogP contribution in [-0.4, -0.2) is 32.3 Å². The Kier molecular flexibility index (Phi) is 5.02. The minimum Gasteiger partial charge on any atom is -0.333 e. The average Bonchev–Trinajstić information content (AvgIpc) is 2.97. The summed E-state index contributed by atoms with van der Waals surface area (Å²) < 4.78 is 27.4. The van der Waals surface area contributed by atoms with Gasteiger partial charge in [0.1, 0.15) is 6.54 Å². The van der Waals surface area contributed by atoms with Crippen LogP contribution in [0.15, 0.2) is 78.2 Å². The molecule has 1 amide bonds. The predicted molar refractivity (Wildman–Crippen MR) is 115 cm³/mol. The van der Waals surface area contributed by atoms with E-state index < -0.39 is 10.0 Å². The maximum Gasteiger partial charge on any atom is 0.265 e. The van der Waals surface area contributed by atoms with E-state index in [0.717, 1.165) is 10.9 Å². The van der Waals surface area contributed by atoms with Crippen LogP contribution in [0.25, 0.3) is 10.8 Å². The second-order valence-electron chi connectivity index (χ2n) is 7.01. The Bertz CT molecular complexity index is 1290. The highest BCUT2D eigenvalue weighted by Crippen LogP contribution is 2.41. The van der Waals surface area contributed by atoms with Crippen LogP contribution in [0.2, 0.25) is 0 Å². The maximum absolute atomic E-state index is 13.1. The fraction of sp³-hybridized carbons (Fsp3) is 0.130. The molecule has 0 N–H and O–H groups in total. The lowest BCUT2D eigenvalue weighted by molar-refractivity contribution is -0.129. The topological polar surface area (TPSA) is 81.5 Å². The standard InChI is InChI=1S/C23H19N3O3S/c1-2-13-25(15-18-11-9-17(14-24)10-12-18)22(27)16-26-20-7-3-5-19-6-4-8-21(23(19)20)30(26,28)29/h2-12H,1,13,15-16H2. The van der Waals surface area contributed by atoms with Crippen LogP contribution in [0.4, 0.5) is 5.69 Å². The number of nitriles is 1. The van der Waals surface area contributed by atoms with E-state index in [1.54, 1.807) is 59.5 Å². The summed E-state index contributed by atoms with van der Waals surface area (Å²) in [7, 11) is -3.80. The molecule has 0 unspecified atom stereocenters. The first-order chi connectivity index (χ1) is 14.5. The number of rotatable bonds is 6. The molecule has 3 aromatic carbocycles. The largest absolute Gasteiger partial charge is 0.333 e. The summed E-state index contributed by atoms with van der Waals surface area (Å²) in [6.45, 7) is 3.99. The van der Waals surface area contributed by atoms with Crippen molar-refractivity contribution in [1.29, 1.82) is 5.26 Å². The van der Waals surface area contributed by atoms with Gasteiger partial charge in [0.15, 0.2) is 0 Å². The monoisotopic (exact) mass is 417 g/mol. The van der Waals surface area contributed by atoms with Gasteiger partial charge in [-0.3, -0.25) is 9.10 Å². The number of sulfonamides is 1. The highest BCUT2D eigenvalue weighted by Gasteiger charge is 2.37. The third-order valence-electron chi connectivity index (χ3n) is 5.12. The average molecular weight is 417 g/mol. The first kappa shape index (κ1) is 19.7. The van der Waals surface area contributed by atoms with Crippen molar-refractivity contribution in [3.05, 3.63) is 84.4 Å². The molecule has 0 atom stereocenters. The molecule has 1 aliphatic rings. The lowest BCUT2D eigenvalue weighted by atomic mass is 10.1. The molecule has 1 aliphatic heterocycles. The van der Waals surface area contributed by atoms with Crippen molar-refractivity contribution in [1.82, 2.24) is 4.90 Å². The van der Waals surface area contributed by atoms with E-state index in [1.165, 1.54) is 4.31 Å². The highest BCUT2D eigenvalue weighted by molar-refractivity contribution is 7.93. The Balaban J connectivity index is 1.62. The number of hydrogen-bond acceptors (Lipinski definition) is 4. The molecule has 30 heavy (non-hydrogen) atoms. The smallest absolute Gasteiger partial charge is 0.265 e. The molecule has 0 fully saturated rings. The van der Waals surface area contributed by atoms with E-state index in [2.05, 4.69) is 12.6 Å². The van der Waals surface area contributed by atoms with Crippen LogP contribution in [0.3, 0.4) is 0 Å². The van der Waals surface area contributed by atoms with Crippen LogP contribution >= 0.6 is 0 Å². The van der Waals surface area contributed by atoms with Gasteiger partial charge in [0.05, 0.1) is 22.2 Å². The van der Waals surface area contributed by atoms with Crippen molar-refractivity contribution in [3.8, 4) is 6.07 Å². The molecule has 7 heteroatoms. The van der Waals surface area contributed by atoms with Gasteiger partial charge in [-0.25, -0.2) is 8.42 Å². The van der Waals surface area contributed by atoms with Crippen molar-refractivity contribution in [2.45, 2.75) is 11.4 Å². The van der Waals surface area contributed by atoms with E-state index in [1.807, 2.05) is 12.1 Å². The fourth-order valence-electron chi connectivity index (χ4n) is 3.67. The molecule has 0 aliphatic carbocycles. The van der Waals surface area contributed by atoms with Gasteiger partial charge in [-0.2, -0.15) is 5.26 Å². The van der Waals surface area contributed by atoms with Gasteiger partial charge in [0.2, 0.25) is 5.91 Å². The Morgan fingerprint density at radius 3 is 2.47 bits per heavy atom. The number of anilines is 1. The molecule has 0 aromatic heterocycles. The molecule has 0 saturated heterocycles. The Morgan fingerprint density at radius 1 is 1.10 bits per heavy atom. The first-order valence-corrected chi connectivity index (χ1v) is 10.8. The third-order valence-corrected chi connectivity index (χ3v) is 6.92. The van der Waals surface area contributed by atoms with Gasteiger partial charge in [0.25, 0.3) is 10.0 Å². The van der Waals surface area contributed by atoms with Gasteiger partial charge in [0, 0.05) is 18.5 Å². The van der Waals surface area contributed by atoms with Gasteiger partial charge < -0.3 is 4.90 Å². The fourth-order valence-corrected chi connectivity index (χ4v) is 5.33. The van der Waals surface area contributed by atoms with Gasteiger partial charge in [-0.1, -0.05) is 42.5 Å². The predicted octanol–water partition coefficient (Wildman–Crippen LogP) is 3.43. The van der Waals surface area contributed by atoms with Crippen LogP contribution in [0.5, 0.6) is 0 Å². The number of carbonyl (C=O) groups is 1. The van der Waals surface area contributed by atoms with Gasteiger partial charge >= 0.3 is 0 Å². The lowest BCUT2D eigenvalue weighted by Crippen LogP contribution is -2.41. The molecule has 1 heterocycles. The Hall–Kier alpha value is -3.63. The summed E-state index contributed by atoms with van der Waals surface area (Å²) >= 11 is 0. The molecule has 0 bridgehead atoms. The normalized spacial score (nSPS) is 13.8. The summed E-state index contributed by atoms with van der Waals surface area (Å²) in [5.41, 5.74) is 1.90. The Morgan fingerprint density at radius 2 is 1.80 bits per heavy atom. The zero-order chi connectivity index (χ0) is 21.3. The summed E-state index contributed by atoms with van der Waals surface area (Å²) in [6.07, 6.45) is 1.61. The molecule has 6 nitrogen and oxygen atoms in total. The third kappa shape index (κ3) is 3.31. The lowest BCUT2D eigenvalue weighted by Gasteiger charge is -2.25. The number of carbonyl (C=O) groups excluding carboxylic acids is 1. The second kappa shape index (κ2) is 7.65. The van der Waals surface area contributed by atoms with Crippen molar-refractivity contribution >= 4 is 32.4 Å². The number of benzene rings is 3. The zero-order valence-corrected chi connectivity index (χ0v) is 17.0. The summed E-state index contributed by atoms with van der Waals surface area (Å²) in [4.78, 5) is 14.9. The Labute approximate surface area is 175 Å². The van der Waals surface area contributed by atoms with Crippen LogP contribution in [-0.2, 0) is 21.4 Å². The maximum atomic E-state index is 13.1. The molecule has 150 valence electrons. The van der Waals surface area contributed by atoms with Crippen LogP contribution in [0, 0.1) is 11.3 Å². The van der Waals surface area contributed by atoms with E-state index >= 15 is 0 Å². The van der Waals surface area contributed by atoms with Crippen LogP contribution in [0.1, 0.15) is 11.1 Å². The molecule has 0 spiro atoms. The van der Waals surface area contributed by atoms with E-state index in [-0.39, 0.29) is 23.9 Å². The molecule has 0 radical (unpaired) electrons. The van der Waals surface area contributed by atoms with Crippen molar-refractivity contribution in [2.75, 3.05) is 17.4 Å². The molecule has 3 aromatic rings. The SMILES string of the molecule is C=CCN(Cc1ccc(C#N)cc1)C(=O)CN1c2cccc3cccc(c23)S1(=O)=O. The summed E-state index contributed by atoms with van der Waals surface area (Å²) in [5.74, 6) is -0.326. The summed E-state index contributed by atoms with van der Waals surface area (Å²) in [6, 6.07) is 19.5. The van der Waals surface area contributed by atoms with Gasteiger partial charge in [-0.05, 0) is 35.2 Å². The van der Waals surface area contributed by atoms with Gasteiger partial charge in [-0.15, -0.1) is 6.58 Å². The quantitative estimate of drug-likeness (QED) is 0.576. The number of amides is 1. The second-order valence-corrected chi connectivity index (χ2v) is 8.85. The van der Waals surface area contributed by atoms with E-state index in [0.29, 0.717) is 23.2 Å². The highest BCUT2D eigenvalue weighted by atomic mass is 32.2. The van der Waals surface area contributed by atoms with E-state index in [4.69, 9.17) is 5.26 Å². The van der Waals surface area contributed by atoms with E-state index in [9.17, 15) is 13.2 Å². The van der Waals surface area contributed by atoms with Crippen molar-refractivity contribution in [2.24, 2.45) is 0 Å². The zero-order valence-electron chi connectivity index (χ0n) is 16.2. The molecule has 4 rings (SSSR count). The minimum absolute atomic E-state index is 0.228. The first-order valence-electron chi connectivity index (χ1n) is 9.38. The van der Waals surface area contributed by atoms with Crippen LogP contribution < -0.4 is 4.31 Å². The van der Waals surface area contributed by atoms with Crippen molar-refractivity contribution < 1.29 is 13.2 Å². The number of nitrogens with zero attached hydrogens (tertiary/aromatic N) is 3. The minimum atomic E-state index is -3.80. The van der Waals surface area contributed by atoms with Crippen molar-refractivity contribution in [3.63, 3.8) is 0 Å². The molecule has 0 saturated carbocycles. The number of hydrogen-bond donors (Lipinski definition) is 0. The molecular weight excluding hydrogens is 398 g/mol. The summed E-state index contributed by atoms with van der Waals surface area (Å²) in [5, 5.41) is 10.4.